The van der Waals surface area contributed by atoms with E-state index in [-0.39, 0.29) is 22.2 Å². The number of nitrogens with one attached hydrogen (secondary N) is 1. The molecule has 1 aromatic carbocycles. The number of hydrogen-bond acceptors (Lipinski definition) is 5. The Bertz CT molecular complexity index is 695. The summed E-state index contributed by atoms with van der Waals surface area (Å²) < 4.78 is 0.589. The maximum Gasteiger partial charge on any atom is 0.270 e. The van der Waals surface area contributed by atoms with Gasteiger partial charge in [0.2, 0.25) is 0 Å². The third-order valence-electron chi connectivity index (χ3n) is 2.28. The molecule has 0 aliphatic heterocycles. The van der Waals surface area contributed by atoms with Crippen molar-refractivity contribution in [2.24, 2.45) is 0 Å². The number of nitrogens with zero attached hydrogens (tertiary/aromatic N) is 3. The summed E-state index contributed by atoms with van der Waals surface area (Å²) in [5, 5.41) is 13.4. The molecule has 0 radical (unpaired) electrons. The summed E-state index contributed by atoms with van der Waals surface area (Å²) >= 11 is 7.60. The van der Waals surface area contributed by atoms with Crippen molar-refractivity contribution in [2.75, 3.05) is 5.32 Å². The van der Waals surface area contributed by atoms with Gasteiger partial charge in [0.15, 0.2) is 0 Å². The van der Waals surface area contributed by atoms with E-state index in [2.05, 4.69) is 15.3 Å². The van der Waals surface area contributed by atoms with Crippen molar-refractivity contribution in [1.29, 1.82) is 0 Å². The van der Waals surface area contributed by atoms with Gasteiger partial charge in [-0.05, 0) is 28.7 Å². The van der Waals surface area contributed by atoms with E-state index in [0.29, 0.717) is 3.57 Å². The first-order chi connectivity index (χ1) is 9.47. The third-order valence-corrected chi connectivity index (χ3v) is 3.43. The first kappa shape index (κ1) is 14.6. The molecule has 2 aromatic rings. The number of aromatic nitrogens is 2. The first-order valence-electron chi connectivity index (χ1n) is 5.20. The van der Waals surface area contributed by atoms with E-state index in [1.165, 1.54) is 30.6 Å². The van der Waals surface area contributed by atoms with Gasteiger partial charge in [0, 0.05) is 21.8 Å². The number of halogens is 2. The number of non-ortho nitro benzene ring substituents is 1. The maximum atomic E-state index is 12.1. The van der Waals surface area contributed by atoms with E-state index >= 15 is 0 Å². The standard InChI is InChI=1S/C11H6ClIN4O3/c12-9-4-10(15-5-14-9)16-11(18)7-3-6(17(19)20)1-2-8(7)13/h1-5H,(H,14,15,16,18). The first-order valence-corrected chi connectivity index (χ1v) is 6.66. The molecule has 20 heavy (non-hydrogen) atoms. The quantitative estimate of drug-likeness (QED) is 0.367. The molecule has 1 aromatic heterocycles. The minimum Gasteiger partial charge on any atom is -0.306 e. The fourth-order valence-corrected chi connectivity index (χ4v) is 2.11. The second-order valence-corrected chi connectivity index (χ2v) is 5.15. The third kappa shape index (κ3) is 3.39. The van der Waals surface area contributed by atoms with Crippen LogP contribution in [0.2, 0.25) is 5.15 Å². The average molecular weight is 405 g/mol. The van der Waals surface area contributed by atoms with Crippen LogP contribution in [0.5, 0.6) is 0 Å². The zero-order valence-corrected chi connectivity index (χ0v) is 12.6. The van der Waals surface area contributed by atoms with Gasteiger partial charge in [-0.2, -0.15) is 0 Å². The van der Waals surface area contributed by atoms with Crippen LogP contribution in [-0.4, -0.2) is 20.8 Å². The molecule has 0 spiro atoms. The molecule has 0 atom stereocenters. The van der Waals surface area contributed by atoms with Gasteiger partial charge < -0.3 is 5.32 Å². The van der Waals surface area contributed by atoms with E-state index < -0.39 is 10.8 Å². The van der Waals surface area contributed by atoms with Crippen LogP contribution in [0, 0.1) is 13.7 Å². The van der Waals surface area contributed by atoms with Gasteiger partial charge >= 0.3 is 0 Å². The Labute approximate surface area is 131 Å². The number of anilines is 1. The van der Waals surface area contributed by atoms with Crippen LogP contribution in [0.3, 0.4) is 0 Å². The van der Waals surface area contributed by atoms with Gasteiger partial charge in [-0.25, -0.2) is 9.97 Å². The van der Waals surface area contributed by atoms with Crippen molar-refractivity contribution in [3.63, 3.8) is 0 Å². The van der Waals surface area contributed by atoms with Crippen LogP contribution in [0.15, 0.2) is 30.6 Å². The van der Waals surface area contributed by atoms with Gasteiger partial charge in [0.05, 0.1) is 10.5 Å². The summed E-state index contributed by atoms with van der Waals surface area (Å²) in [6, 6.07) is 5.42. The monoisotopic (exact) mass is 404 g/mol. The van der Waals surface area contributed by atoms with Gasteiger partial charge in [0.25, 0.3) is 11.6 Å². The van der Waals surface area contributed by atoms with Crippen LogP contribution >= 0.6 is 34.2 Å². The van der Waals surface area contributed by atoms with Crippen molar-refractivity contribution in [2.45, 2.75) is 0 Å². The van der Waals surface area contributed by atoms with Gasteiger partial charge in [-0.15, -0.1) is 0 Å². The highest BCUT2D eigenvalue weighted by atomic mass is 127. The minimum atomic E-state index is -0.561. The summed E-state index contributed by atoms with van der Waals surface area (Å²) in [6.07, 6.45) is 1.20. The number of carbonyl (C=O) groups is 1. The number of rotatable bonds is 3. The van der Waals surface area contributed by atoms with Crippen molar-refractivity contribution < 1.29 is 9.72 Å². The molecular formula is C11H6ClIN4O3. The molecule has 0 saturated carbocycles. The second-order valence-electron chi connectivity index (χ2n) is 3.60. The molecule has 0 aliphatic carbocycles. The molecule has 1 heterocycles. The molecule has 102 valence electrons. The van der Waals surface area contributed by atoms with Gasteiger partial charge in [-0.3, -0.25) is 14.9 Å². The van der Waals surface area contributed by atoms with Crippen LogP contribution in [0.4, 0.5) is 11.5 Å². The molecule has 0 bridgehead atoms. The number of hydrogen-bond donors (Lipinski definition) is 1. The lowest BCUT2D eigenvalue weighted by Gasteiger charge is -2.06. The lowest BCUT2D eigenvalue weighted by molar-refractivity contribution is -0.384. The summed E-state index contributed by atoms with van der Waals surface area (Å²) in [7, 11) is 0. The molecule has 0 aliphatic rings. The summed E-state index contributed by atoms with van der Waals surface area (Å²) in [5.74, 6) is -0.287. The highest BCUT2D eigenvalue weighted by molar-refractivity contribution is 14.1. The fraction of sp³-hybridized carbons (Fsp3) is 0. The largest absolute Gasteiger partial charge is 0.306 e. The lowest BCUT2D eigenvalue weighted by Crippen LogP contribution is -2.14. The molecule has 0 unspecified atom stereocenters. The van der Waals surface area contributed by atoms with Crippen molar-refractivity contribution in [1.82, 2.24) is 9.97 Å². The van der Waals surface area contributed by atoms with Crippen LogP contribution < -0.4 is 5.32 Å². The number of nitro groups is 1. The summed E-state index contributed by atoms with van der Waals surface area (Å²) in [6.45, 7) is 0. The van der Waals surface area contributed by atoms with E-state index in [4.69, 9.17) is 11.6 Å². The van der Waals surface area contributed by atoms with E-state index in [9.17, 15) is 14.9 Å². The van der Waals surface area contributed by atoms with Crippen molar-refractivity contribution in [3.8, 4) is 0 Å². The molecule has 2 rings (SSSR count). The predicted octanol–water partition coefficient (Wildman–Crippen LogP) is 2.90. The summed E-state index contributed by atoms with van der Waals surface area (Å²) in [5.41, 5.74) is 0.0332. The van der Waals surface area contributed by atoms with Crippen LogP contribution in [0.25, 0.3) is 0 Å². The maximum absolute atomic E-state index is 12.1. The SMILES string of the molecule is O=C(Nc1cc(Cl)ncn1)c1cc([N+](=O)[O-])ccc1I. The smallest absolute Gasteiger partial charge is 0.270 e. The molecular weight excluding hydrogens is 399 g/mol. The minimum absolute atomic E-state index is 0.156. The fourth-order valence-electron chi connectivity index (χ4n) is 1.39. The summed E-state index contributed by atoms with van der Waals surface area (Å²) in [4.78, 5) is 29.8. The Morgan fingerprint density at radius 3 is 2.75 bits per heavy atom. The van der Waals surface area contributed by atoms with E-state index in [1.807, 2.05) is 22.6 Å². The highest BCUT2D eigenvalue weighted by Gasteiger charge is 2.16. The normalized spacial score (nSPS) is 10.1. The van der Waals surface area contributed by atoms with Gasteiger partial charge in [0.1, 0.15) is 17.3 Å². The second kappa shape index (κ2) is 6.09. The molecule has 0 fully saturated rings. The number of nitro benzene ring substituents is 1. The Morgan fingerprint density at radius 1 is 1.35 bits per heavy atom. The Hall–Kier alpha value is -1.81. The van der Waals surface area contributed by atoms with Crippen LogP contribution in [0.1, 0.15) is 10.4 Å². The predicted molar refractivity (Wildman–Crippen MR) is 80.8 cm³/mol. The Morgan fingerprint density at radius 2 is 2.10 bits per heavy atom. The van der Waals surface area contributed by atoms with Crippen molar-refractivity contribution in [3.05, 3.63) is 55.0 Å². The van der Waals surface area contributed by atoms with E-state index in [1.54, 1.807) is 0 Å². The molecule has 7 nitrogen and oxygen atoms in total. The highest BCUT2D eigenvalue weighted by Crippen LogP contribution is 2.20. The van der Waals surface area contributed by atoms with Gasteiger partial charge in [-0.1, -0.05) is 11.6 Å². The number of benzene rings is 1. The molecule has 1 amide bonds. The average Bonchev–Trinajstić information content (AvgIpc) is 2.38. The Balaban J connectivity index is 2.29. The van der Waals surface area contributed by atoms with E-state index in [0.717, 1.165) is 0 Å². The number of carbonyl (C=O) groups excluding carboxylic acids is 1. The zero-order chi connectivity index (χ0) is 14.7. The molecule has 0 saturated heterocycles. The number of amides is 1. The molecule has 1 N–H and O–H groups in total. The van der Waals surface area contributed by atoms with Crippen molar-refractivity contribution >= 4 is 51.6 Å². The zero-order valence-electron chi connectivity index (χ0n) is 9.71. The van der Waals surface area contributed by atoms with Crippen LogP contribution in [-0.2, 0) is 0 Å². The topological polar surface area (TPSA) is 98.0 Å². The molecule has 9 heteroatoms. The Kier molecular flexibility index (Phi) is 4.45. The lowest BCUT2D eigenvalue weighted by atomic mass is 10.2.